The highest BCUT2D eigenvalue weighted by Crippen LogP contribution is 2.64. The van der Waals surface area contributed by atoms with Crippen molar-refractivity contribution in [1.82, 2.24) is 5.32 Å². The maximum atomic E-state index is 13.6. The van der Waals surface area contributed by atoms with Gasteiger partial charge < -0.3 is 24.3 Å². The number of esters is 3. The summed E-state index contributed by atoms with van der Waals surface area (Å²) >= 11 is 0. The summed E-state index contributed by atoms with van der Waals surface area (Å²) in [7, 11) is 0. The number of rotatable bonds is 25. The van der Waals surface area contributed by atoms with E-state index >= 15 is 0 Å². The fourth-order valence-corrected chi connectivity index (χ4v) is 4.30. The molecule has 11 nitrogen and oxygen atoms in total. The van der Waals surface area contributed by atoms with E-state index in [-0.39, 0.29) is 25.6 Å². The number of alkyl halides is 17. The van der Waals surface area contributed by atoms with E-state index in [1.54, 1.807) is 13.8 Å². The lowest BCUT2D eigenvalue weighted by Crippen LogP contribution is -2.74. The van der Waals surface area contributed by atoms with Crippen LogP contribution in [0.25, 0.3) is 0 Å². The van der Waals surface area contributed by atoms with Crippen LogP contribution in [0, 0.1) is 45.3 Å². The maximum Gasteiger partial charge on any atom is 0.460 e. The molecule has 1 N–H and O–H groups in total. The van der Waals surface area contributed by atoms with Crippen molar-refractivity contribution >= 4 is 29.7 Å². The van der Waals surface area contributed by atoms with E-state index in [0.717, 1.165) is 32.4 Å². The molecule has 450 valence electrons. The average molecular weight is 1170 g/mol. The van der Waals surface area contributed by atoms with E-state index in [2.05, 4.69) is 24.8 Å². The third-order valence-corrected chi connectivity index (χ3v) is 11.2. The first-order valence-electron chi connectivity index (χ1n) is 22.2. The van der Waals surface area contributed by atoms with E-state index in [4.69, 9.17) is 9.47 Å². The van der Waals surface area contributed by atoms with Crippen LogP contribution in [0.1, 0.15) is 114 Å². The van der Waals surface area contributed by atoms with Crippen LogP contribution in [-0.4, -0.2) is 110 Å². The number of benzene rings is 1. The third-order valence-electron chi connectivity index (χ3n) is 11.2. The van der Waals surface area contributed by atoms with Gasteiger partial charge in [-0.3, -0.25) is 19.2 Å². The summed E-state index contributed by atoms with van der Waals surface area (Å²) in [4.78, 5) is 50.6. The fourth-order valence-electron chi connectivity index (χ4n) is 4.30. The van der Waals surface area contributed by atoms with Crippen LogP contribution in [0.2, 0.25) is 0 Å². The Balaban J connectivity index is 0. The van der Waals surface area contributed by atoms with Crippen LogP contribution in [-0.2, 0) is 44.8 Å². The second-order valence-electron chi connectivity index (χ2n) is 18.1. The zero-order chi connectivity index (χ0) is 61.6. The summed E-state index contributed by atoms with van der Waals surface area (Å²) in [5, 5.41) is 6.12. The quantitative estimate of drug-likeness (QED) is 0.0117. The third kappa shape index (κ3) is 17.7. The predicted molar refractivity (Wildman–Crippen MR) is 224 cm³/mol. The van der Waals surface area contributed by atoms with Crippen LogP contribution in [0.4, 0.5) is 101 Å². The molecule has 0 aliphatic carbocycles. The van der Waals surface area contributed by atoms with Gasteiger partial charge in [0.25, 0.3) is 0 Å². The van der Waals surface area contributed by atoms with Crippen LogP contribution in [0.5, 0.6) is 0 Å². The maximum absolute atomic E-state index is 13.6. The number of nitrogens with zero attached hydrogens (tertiary/aromatic N) is 1. The number of hydrogen-bond donors (Lipinski definition) is 1. The largest absolute Gasteiger partial charge is 0.465 e. The van der Waals surface area contributed by atoms with Crippen molar-refractivity contribution in [3.8, 4) is 0 Å². The Morgan fingerprint density at radius 3 is 1.19 bits per heavy atom. The SMILES string of the molecule is CCC(C)(C)C(=O)OCCC(F)(F)C(F)(F)C(F)(F)C(F)(F)C(F)(F)C(F)(F)C(F)(F)C(F)(F)F.CCC(C)(C)C(=O)OCc1c(F)c(F)c(F)c(F)c1F.CCC(C)=NOC(=O)NCCOCCOC(=O)C(C)(C)CC. The Hall–Kier alpha value is -5.01. The zero-order valence-electron chi connectivity index (χ0n) is 42.7. The highest BCUT2D eigenvalue weighted by molar-refractivity contribution is 5.82. The summed E-state index contributed by atoms with van der Waals surface area (Å²) in [6, 6.07) is 0. The minimum absolute atomic E-state index is 0.0610. The summed E-state index contributed by atoms with van der Waals surface area (Å²) in [6.45, 7) is 15.8. The smallest absolute Gasteiger partial charge is 0.460 e. The van der Waals surface area contributed by atoms with Crippen LogP contribution < -0.4 is 5.32 Å². The number of halogens is 22. The van der Waals surface area contributed by atoms with Gasteiger partial charge in [0, 0.05) is 6.54 Å². The topological polar surface area (TPSA) is 139 Å². The average Bonchev–Trinajstić information content (AvgIpc) is 3.33. The van der Waals surface area contributed by atoms with Gasteiger partial charge in [0.15, 0.2) is 23.3 Å². The van der Waals surface area contributed by atoms with Crippen molar-refractivity contribution in [1.29, 1.82) is 0 Å². The van der Waals surface area contributed by atoms with E-state index in [1.807, 2.05) is 27.7 Å². The number of carbonyl (C=O) groups excluding carboxylic acids is 4. The molecule has 0 saturated heterocycles. The molecule has 33 heteroatoms. The molecule has 0 atom stereocenters. The Bertz CT molecular complexity index is 2140. The molecule has 0 aliphatic heterocycles. The molecule has 1 aromatic rings. The lowest BCUT2D eigenvalue weighted by molar-refractivity contribution is -0.461. The van der Waals surface area contributed by atoms with Crippen LogP contribution in [0.3, 0.4) is 0 Å². The first-order chi connectivity index (χ1) is 34.4. The number of ether oxygens (including phenoxy) is 4. The van der Waals surface area contributed by atoms with E-state index in [9.17, 15) is 116 Å². The summed E-state index contributed by atoms with van der Waals surface area (Å²) in [5.74, 6) is -69.5. The summed E-state index contributed by atoms with van der Waals surface area (Å²) < 4.78 is 307. The molecule has 0 aliphatic rings. The Kier molecular flexibility index (Phi) is 26.7. The van der Waals surface area contributed by atoms with E-state index < -0.39 is 136 Å². The Morgan fingerprint density at radius 2 is 0.818 bits per heavy atom. The number of carbonyl (C=O) groups is 4. The summed E-state index contributed by atoms with van der Waals surface area (Å²) in [6.07, 6.45) is -9.45. The molecular formula is C44H56F22N2O9. The molecule has 0 spiro atoms. The molecule has 0 aromatic heterocycles. The lowest BCUT2D eigenvalue weighted by Gasteiger charge is -2.42. The number of nitrogens with one attached hydrogen (secondary N) is 1. The fraction of sp³-hybridized carbons (Fsp3) is 0.750. The Labute approximate surface area is 426 Å². The minimum atomic E-state index is -8.67. The van der Waals surface area contributed by atoms with Gasteiger partial charge in [0.05, 0.1) is 53.8 Å². The van der Waals surface area contributed by atoms with Crippen molar-refractivity contribution in [2.75, 3.05) is 33.0 Å². The van der Waals surface area contributed by atoms with Crippen molar-refractivity contribution in [2.45, 2.75) is 163 Å². The van der Waals surface area contributed by atoms with Gasteiger partial charge in [-0.25, -0.2) is 26.7 Å². The van der Waals surface area contributed by atoms with Crippen molar-refractivity contribution in [3.05, 3.63) is 34.6 Å². The highest BCUT2D eigenvalue weighted by Gasteiger charge is 2.95. The first-order valence-corrected chi connectivity index (χ1v) is 22.2. The molecule has 0 unspecified atom stereocenters. The van der Waals surface area contributed by atoms with Crippen molar-refractivity contribution in [3.63, 3.8) is 0 Å². The van der Waals surface area contributed by atoms with Gasteiger partial charge in [-0.1, -0.05) is 32.9 Å². The molecule has 0 radical (unpaired) electrons. The molecule has 0 saturated carbocycles. The van der Waals surface area contributed by atoms with Gasteiger partial charge in [0.2, 0.25) is 5.82 Å². The predicted octanol–water partition coefficient (Wildman–Crippen LogP) is 13.7. The lowest BCUT2D eigenvalue weighted by atomic mass is 9.88. The molecule has 77 heavy (non-hydrogen) atoms. The van der Waals surface area contributed by atoms with Crippen molar-refractivity contribution in [2.24, 2.45) is 21.4 Å². The van der Waals surface area contributed by atoms with E-state index in [0.29, 0.717) is 19.6 Å². The van der Waals surface area contributed by atoms with Gasteiger partial charge in [0.1, 0.15) is 13.2 Å². The molecule has 0 fully saturated rings. The second kappa shape index (κ2) is 27.7. The van der Waals surface area contributed by atoms with Crippen molar-refractivity contribution < 1.29 is 140 Å². The summed E-state index contributed by atoms with van der Waals surface area (Å²) in [5.41, 5.74) is -3.27. The molecule has 0 bridgehead atoms. The zero-order valence-corrected chi connectivity index (χ0v) is 42.7. The standard InChI is InChI=1S/C16H15F17O2.C15H28N2O5.C13H13F5O2/c1-4-8(2,3)7(34)35-6-5-9(17,18)10(19,20)11(21,22)12(23,24)13(25,26)14(27,28)15(29,30)16(31,32)33;1-6-12(3)17-22-14(19)16-8-9-20-10-11-21-13(18)15(4,5)7-2;1-4-13(2,3)12(19)20-5-6-7(14)9(16)11(18)10(17)8(6)15/h4-6H2,1-3H3;6-11H2,1-5H3,(H,16,19);4-5H2,1-3H3. The molecule has 1 aromatic carbocycles. The first kappa shape index (κ1) is 74.1. The molecule has 1 amide bonds. The number of oxime groups is 1. The number of hydrogen-bond acceptors (Lipinski definition) is 10. The van der Waals surface area contributed by atoms with E-state index in [1.165, 1.54) is 20.8 Å². The normalized spacial score (nSPS) is 13.6. The molecule has 1 rings (SSSR count). The highest BCUT2D eigenvalue weighted by atomic mass is 19.4. The van der Waals surface area contributed by atoms with Gasteiger partial charge >= 0.3 is 71.6 Å². The second-order valence-corrected chi connectivity index (χ2v) is 18.1. The van der Waals surface area contributed by atoms with Gasteiger partial charge in [-0.15, -0.1) is 0 Å². The monoisotopic (exact) mass is 1170 g/mol. The Morgan fingerprint density at radius 1 is 0.468 bits per heavy atom. The minimum Gasteiger partial charge on any atom is -0.465 e. The van der Waals surface area contributed by atoms with Crippen LogP contribution >= 0.6 is 0 Å². The molecule has 0 heterocycles. The van der Waals surface area contributed by atoms with Gasteiger partial charge in [-0.05, 0) is 74.1 Å². The number of amides is 1. The molecular weight excluding hydrogens is 1120 g/mol. The van der Waals surface area contributed by atoms with Crippen LogP contribution in [0.15, 0.2) is 5.16 Å². The van der Waals surface area contributed by atoms with Gasteiger partial charge in [-0.2, -0.15) is 74.6 Å².